The summed E-state index contributed by atoms with van der Waals surface area (Å²) in [5.74, 6) is 0. The summed E-state index contributed by atoms with van der Waals surface area (Å²) < 4.78 is 20.2. The third kappa shape index (κ3) is 5.78. The van der Waals surface area contributed by atoms with Crippen molar-refractivity contribution in [2.24, 2.45) is 0 Å². The largest absolute Gasteiger partial charge is 0.214 e. The summed E-state index contributed by atoms with van der Waals surface area (Å²) in [5, 5.41) is 1.17. The Balaban J connectivity index is 0.000000181. The second-order valence-electron chi connectivity index (χ2n) is 2.94. The van der Waals surface area contributed by atoms with Crippen LogP contribution in [0.15, 0.2) is 66.7 Å². The first-order valence-corrected chi connectivity index (χ1v) is 5.91. The first-order valence-electron chi connectivity index (χ1n) is 4.77. The Morgan fingerprint density at radius 3 is 1.44 bits per heavy atom. The van der Waals surface area contributed by atoms with Crippen molar-refractivity contribution in [3.05, 3.63) is 72.3 Å². The van der Waals surface area contributed by atoms with Crippen molar-refractivity contribution in [2.75, 3.05) is 0 Å². The maximum absolute atomic E-state index is 10.1. The molecule has 0 aliphatic rings. The van der Waals surface area contributed by atoms with Crippen LogP contribution in [-0.4, -0.2) is 13.8 Å². The van der Waals surface area contributed by atoms with E-state index in [2.05, 4.69) is 0 Å². The molecule has 0 atom stereocenters. The molecule has 0 radical (unpaired) electrons. The fourth-order valence-corrected chi connectivity index (χ4v) is 1.41. The minimum Gasteiger partial charge on any atom is -0.185 e. The molecule has 0 aliphatic heterocycles. The molecule has 2 nitrogen and oxygen atoms in total. The average Bonchev–Trinajstić information content (AvgIpc) is 2.32. The quantitative estimate of drug-likeness (QED) is 0.707. The Morgan fingerprint density at radius 1 is 0.688 bits per heavy atom. The van der Waals surface area contributed by atoms with Crippen molar-refractivity contribution in [1.29, 1.82) is 0 Å². The van der Waals surface area contributed by atoms with Gasteiger partial charge in [0.15, 0.2) is 0 Å². The van der Waals surface area contributed by atoms with Gasteiger partial charge in [-0.2, -0.15) is 8.42 Å². The van der Waals surface area contributed by atoms with Gasteiger partial charge in [0.05, 0.1) is 5.37 Å². The predicted molar refractivity (Wildman–Crippen MR) is 67.0 cm³/mol. The molecule has 0 heterocycles. The Kier molecular flexibility index (Phi) is 5.66. The monoisotopic (exact) mass is 232 g/mol. The topological polar surface area (TPSA) is 34.1 Å². The van der Waals surface area contributed by atoms with Crippen LogP contribution in [0, 0.1) is 0 Å². The molecule has 2 aromatic rings. The highest BCUT2D eigenvalue weighted by atomic mass is 32.2. The zero-order valence-electron chi connectivity index (χ0n) is 8.65. The molecule has 82 valence electrons. The van der Waals surface area contributed by atoms with Crippen molar-refractivity contribution in [1.82, 2.24) is 0 Å². The summed E-state index contributed by atoms with van der Waals surface area (Å²) in [7, 11) is -2.09. The summed E-state index contributed by atoms with van der Waals surface area (Å²) in [5.41, 5.74) is 0.704. The lowest BCUT2D eigenvalue weighted by atomic mass is 10.2. The van der Waals surface area contributed by atoms with Gasteiger partial charge >= 0.3 is 0 Å². The molecule has 0 aromatic heterocycles. The normalized spacial score (nSPS) is 8.50. The first kappa shape index (κ1) is 12.2. The van der Waals surface area contributed by atoms with E-state index >= 15 is 0 Å². The highest BCUT2D eigenvalue weighted by Gasteiger charge is 1.81. The molecular formula is C13H12O2S. The lowest BCUT2D eigenvalue weighted by Gasteiger charge is -1.83. The SMILES string of the molecule is O=S(=O)=Cc1ccccc1.c1ccccc1. The van der Waals surface area contributed by atoms with Gasteiger partial charge in [0.1, 0.15) is 0 Å². The minimum atomic E-state index is -2.09. The smallest absolute Gasteiger partial charge is 0.185 e. The van der Waals surface area contributed by atoms with E-state index in [0.29, 0.717) is 5.56 Å². The van der Waals surface area contributed by atoms with Crippen molar-refractivity contribution >= 4 is 15.7 Å². The number of rotatable bonds is 1. The van der Waals surface area contributed by atoms with Crippen LogP contribution < -0.4 is 0 Å². The number of benzene rings is 2. The lowest BCUT2D eigenvalue weighted by Crippen LogP contribution is -1.78. The fourth-order valence-electron chi connectivity index (χ4n) is 1.03. The molecule has 0 aliphatic carbocycles. The van der Waals surface area contributed by atoms with E-state index in [-0.39, 0.29) is 0 Å². The van der Waals surface area contributed by atoms with Gasteiger partial charge in [0.25, 0.3) is 0 Å². The minimum absolute atomic E-state index is 0.704. The van der Waals surface area contributed by atoms with E-state index in [0.717, 1.165) is 0 Å². The van der Waals surface area contributed by atoms with Crippen molar-refractivity contribution in [3.8, 4) is 0 Å². The third-order valence-corrected chi connectivity index (χ3v) is 2.16. The molecule has 0 saturated carbocycles. The molecule has 0 fully saturated rings. The predicted octanol–water partition coefficient (Wildman–Crippen LogP) is 2.40. The van der Waals surface area contributed by atoms with E-state index < -0.39 is 10.3 Å². The fraction of sp³-hybridized carbons (Fsp3) is 0. The van der Waals surface area contributed by atoms with Crippen LogP contribution in [0.3, 0.4) is 0 Å². The lowest BCUT2D eigenvalue weighted by molar-refractivity contribution is 0.627. The summed E-state index contributed by atoms with van der Waals surface area (Å²) in [4.78, 5) is 0. The van der Waals surface area contributed by atoms with Crippen molar-refractivity contribution in [3.63, 3.8) is 0 Å². The molecule has 0 spiro atoms. The molecule has 0 amide bonds. The Hall–Kier alpha value is -1.87. The highest BCUT2D eigenvalue weighted by molar-refractivity contribution is 7.71. The molecule has 0 bridgehead atoms. The Labute approximate surface area is 96.7 Å². The average molecular weight is 232 g/mol. The zero-order valence-corrected chi connectivity index (χ0v) is 9.47. The molecule has 16 heavy (non-hydrogen) atoms. The van der Waals surface area contributed by atoms with Gasteiger partial charge in [0, 0.05) is 0 Å². The van der Waals surface area contributed by atoms with Gasteiger partial charge in [-0.1, -0.05) is 66.7 Å². The van der Waals surface area contributed by atoms with Gasteiger partial charge in [0.2, 0.25) is 10.3 Å². The van der Waals surface area contributed by atoms with E-state index in [9.17, 15) is 8.42 Å². The molecule has 2 aromatic carbocycles. The standard InChI is InChI=1S/C7H6O2S.C6H6/c8-10(9)6-7-4-2-1-3-5-7;1-2-4-6-5-3-1/h1-6H;1-6H. The van der Waals surface area contributed by atoms with Gasteiger partial charge < -0.3 is 0 Å². The summed E-state index contributed by atoms with van der Waals surface area (Å²) in [6.45, 7) is 0. The van der Waals surface area contributed by atoms with E-state index in [1.165, 1.54) is 5.37 Å². The van der Waals surface area contributed by atoms with Gasteiger partial charge in [-0.15, -0.1) is 0 Å². The van der Waals surface area contributed by atoms with Crippen LogP contribution in [0.4, 0.5) is 0 Å². The summed E-state index contributed by atoms with van der Waals surface area (Å²) >= 11 is 0. The van der Waals surface area contributed by atoms with Gasteiger partial charge in [-0.3, -0.25) is 0 Å². The molecule has 0 unspecified atom stereocenters. The molecular weight excluding hydrogens is 220 g/mol. The Morgan fingerprint density at radius 2 is 1.06 bits per heavy atom. The Bertz CT molecular complexity index is 482. The second kappa shape index (κ2) is 7.43. The molecule has 0 N–H and O–H groups in total. The molecule has 3 heteroatoms. The van der Waals surface area contributed by atoms with Gasteiger partial charge in [-0.25, -0.2) is 0 Å². The zero-order chi connectivity index (χ0) is 11.6. The maximum Gasteiger partial charge on any atom is 0.214 e. The second-order valence-corrected chi connectivity index (χ2v) is 3.70. The van der Waals surface area contributed by atoms with Crippen molar-refractivity contribution < 1.29 is 8.42 Å². The van der Waals surface area contributed by atoms with Crippen LogP contribution in [0.5, 0.6) is 0 Å². The van der Waals surface area contributed by atoms with E-state index in [1.807, 2.05) is 42.5 Å². The van der Waals surface area contributed by atoms with E-state index in [4.69, 9.17) is 0 Å². The number of hydrogen-bond donors (Lipinski definition) is 0. The van der Waals surface area contributed by atoms with Crippen LogP contribution in [0.2, 0.25) is 0 Å². The maximum atomic E-state index is 10.1. The van der Waals surface area contributed by atoms with Gasteiger partial charge in [-0.05, 0) is 5.56 Å². The third-order valence-electron chi connectivity index (χ3n) is 1.70. The molecule has 0 saturated heterocycles. The van der Waals surface area contributed by atoms with Crippen LogP contribution >= 0.6 is 0 Å². The first-order chi connectivity index (χ1) is 7.79. The summed E-state index contributed by atoms with van der Waals surface area (Å²) in [6.07, 6.45) is 0. The summed E-state index contributed by atoms with van der Waals surface area (Å²) in [6, 6.07) is 20.9. The molecule has 2 rings (SSSR count). The highest BCUT2D eigenvalue weighted by Crippen LogP contribution is 1.92. The van der Waals surface area contributed by atoms with Crippen LogP contribution in [0.25, 0.3) is 0 Å². The van der Waals surface area contributed by atoms with Crippen LogP contribution in [0.1, 0.15) is 5.56 Å². The number of hydrogen-bond acceptors (Lipinski definition) is 2. The van der Waals surface area contributed by atoms with Crippen LogP contribution in [-0.2, 0) is 10.3 Å². The van der Waals surface area contributed by atoms with E-state index in [1.54, 1.807) is 24.3 Å². The van der Waals surface area contributed by atoms with Crippen molar-refractivity contribution in [2.45, 2.75) is 0 Å².